The average Bonchev–Trinajstić information content (AvgIpc) is 2.83. The van der Waals surface area contributed by atoms with Crippen LogP contribution in [0.15, 0.2) is 30.6 Å². The Kier molecular flexibility index (Phi) is 3.25. The van der Waals surface area contributed by atoms with Gasteiger partial charge in [-0.25, -0.2) is 4.98 Å². The van der Waals surface area contributed by atoms with Gasteiger partial charge < -0.3 is 15.0 Å². The molecule has 0 fully saturated rings. The van der Waals surface area contributed by atoms with Crippen LogP contribution >= 0.6 is 0 Å². The fraction of sp³-hybridized carbons (Fsp3) is 0.400. The van der Waals surface area contributed by atoms with Gasteiger partial charge in [-0.1, -0.05) is 0 Å². The Bertz CT molecular complexity index is 559. The molecule has 1 aliphatic rings. The molecule has 0 amide bonds. The van der Waals surface area contributed by atoms with Gasteiger partial charge in [0, 0.05) is 30.3 Å². The van der Waals surface area contributed by atoms with Crippen molar-refractivity contribution in [3.63, 3.8) is 0 Å². The van der Waals surface area contributed by atoms with Gasteiger partial charge in [0.05, 0.1) is 18.6 Å². The van der Waals surface area contributed by atoms with Crippen LogP contribution in [-0.2, 0) is 13.0 Å². The zero-order chi connectivity index (χ0) is 13.2. The molecule has 0 bridgehead atoms. The van der Waals surface area contributed by atoms with Gasteiger partial charge in [0.15, 0.2) is 0 Å². The van der Waals surface area contributed by atoms with Crippen LogP contribution in [0, 0.1) is 0 Å². The minimum absolute atomic E-state index is 0.255. The van der Waals surface area contributed by atoms with Crippen molar-refractivity contribution >= 4 is 0 Å². The standard InChI is InChI=1S/C15H19N3O/c1-2-19-13-5-3-11(4-6-13)15-14-9-12(16)7-8-18(14)10-17-15/h3-6,10,12H,2,7-9,16H2,1H3. The topological polar surface area (TPSA) is 53.1 Å². The number of nitrogens with two attached hydrogens (primary N) is 1. The number of hydrogen-bond acceptors (Lipinski definition) is 3. The third-order valence-corrected chi connectivity index (χ3v) is 3.58. The van der Waals surface area contributed by atoms with E-state index in [9.17, 15) is 0 Å². The quantitative estimate of drug-likeness (QED) is 0.917. The number of imidazole rings is 1. The molecule has 1 aromatic carbocycles. The minimum atomic E-state index is 0.255. The molecule has 0 spiro atoms. The summed E-state index contributed by atoms with van der Waals surface area (Å²) in [4.78, 5) is 4.54. The van der Waals surface area contributed by atoms with Crippen LogP contribution in [0.4, 0.5) is 0 Å². The van der Waals surface area contributed by atoms with Crippen molar-refractivity contribution in [1.82, 2.24) is 9.55 Å². The van der Waals surface area contributed by atoms with Crippen molar-refractivity contribution in [2.24, 2.45) is 5.73 Å². The first-order valence-corrected chi connectivity index (χ1v) is 6.80. The summed E-state index contributed by atoms with van der Waals surface area (Å²) in [7, 11) is 0. The van der Waals surface area contributed by atoms with Crippen LogP contribution in [-0.4, -0.2) is 22.2 Å². The number of rotatable bonds is 3. The second-order valence-electron chi connectivity index (χ2n) is 4.94. The van der Waals surface area contributed by atoms with Crippen LogP contribution in [0.25, 0.3) is 11.3 Å². The lowest BCUT2D eigenvalue weighted by molar-refractivity contribution is 0.340. The van der Waals surface area contributed by atoms with E-state index in [0.717, 1.165) is 36.4 Å². The van der Waals surface area contributed by atoms with Crippen LogP contribution < -0.4 is 10.5 Å². The van der Waals surface area contributed by atoms with Gasteiger partial charge in [-0.3, -0.25) is 0 Å². The van der Waals surface area contributed by atoms with Crippen LogP contribution in [0.5, 0.6) is 5.75 Å². The summed E-state index contributed by atoms with van der Waals surface area (Å²) in [6.07, 6.45) is 3.86. The van der Waals surface area contributed by atoms with Crippen LogP contribution in [0.3, 0.4) is 0 Å². The number of nitrogens with zero attached hydrogens (tertiary/aromatic N) is 2. The number of hydrogen-bond donors (Lipinski definition) is 1. The fourth-order valence-electron chi connectivity index (χ4n) is 2.59. The third kappa shape index (κ3) is 2.36. The van der Waals surface area contributed by atoms with E-state index in [0.29, 0.717) is 6.61 Å². The summed E-state index contributed by atoms with van der Waals surface area (Å²) in [6.45, 7) is 3.65. The van der Waals surface area contributed by atoms with E-state index in [-0.39, 0.29) is 6.04 Å². The predicted molar refractivity (Wildman–Crippen MR) is 75.1 cm³/mol. The molecule has 2 aromatic rings. The second kappa shape index (κ2) is 5.05. The molecule has 1 aromatic heterocycles. The molecular formula is C15H19N3O. The summed E-state index contributed by atoms with van der Waals surface area (Å²) < 4.78 is 7.68. The van der Waals surface area contributed by atoms with E-state index in [4.69, 9.17) is 10.5 Å². The molecule has 1 unspecified atom stereocenters. The number of aryl methyl sites for hydroxylation is 1. The molecule has 0 radical (unpaired) electrons. The van der Waals surface area contributed by atoms with Gasteiger partial charge in [0.25, 0.3) is 0 Å². The van der Waals surface area contributed by atoms with Crippen molar-refractivity contribution < 1.29 is 4.74 Å². The lowest BCUT2D eigenvalue weighted by Gasteiger charge is -2.21. The van der Waals surface area contributed by atoms with E-state index in [1.54, 1.807) is 0 Å². The minimum Gasteiger partial charge on any atom is -0.494 e. The van der Waals surface area contributed by atoms with Crippen LogP contribution in [0.2, 0.25) is 0 Å². The Morgan fingerprint density at radius 2 is 2.16 bits per heavy atom. The average molecular weight is 257 g/mol. The molecule has 2 N–H and O–H groups in total. The molecule has 1 aliphatic heterocycles. The Morgan fingerprint density at radius 1 is 1.37 bits per heavy atom. The third-order valence-electron chi connectivity index (χ3n) is 3.58. The number of ether oxygens (including phenoxy) is 1. The molecule has 4 nitrogen and oxygen atoms in total. The second-order valence-corrected chi connectivity index (χ2v) is 4.94. The zero-order valence-corrected chi connectivity index (χ0v) is 11.2. The van der Waals surface area contributed by atoms with Gasteiger partial charge in [-0.2, -0.15) is 0 Å². The van der Waals surface area contributed by atoms with Gasteiger partial charge in [-0.15, -0.1) is 0 Å². The SMILES string of the molecule is CCOc1ccc(-c2ncn3c2CC(N)CC3)cc1. The van der Waals surface area contributed by atoms with Crippen molar-refractivity contribution in [2.45, 2.75) is 32.4 Å². The summed E-state index contributed by atoms with van der Waals surface area (Å²) in [6, 6.07) is 8.37. The van der Waals surface area contributed by atoms with E-state index >= 15 is 0 Å². The Morgan fingerprint density at radius 3 is 2.89 bits per heavy atom. The molecule has 0 saturated carbocycles. The van der Waals surface area contributed by atoms with Crippen LogP contribution in [0.1, 0.15) is 19.0 Å². The molecule has 4 heteroatoms. The summed E-state index contributed by atoms with van der Waals surface area (Å²) in [5, 5.41) is 0. The van der Waals surface area contributed by atoms with Crippen molar-refractivity contribution in [1.29, 1.82) is 0 Å². The Balaban J connectivity index is 1.92. The van der Waals surface area contributed by atoms with Crippen molar-refractivity contribution in [2.75, 3.05) is 6.61 Å². The van der Waals surface area contributed by atoms with E-state index in [1.165, 1.54) is 5.69 Å². The molecule has 0 aliphatic carbocycles. The first-order chi connectivity index (χ1) is 9.28. The maximum Gasteiger partial charge on any atom is 0.119 e. The molecular weight excluding hydrogens is 238 g/mol. The van der Waals surface area contributed by atoms with Gasteiger partial charge in [0.1, 0.15) is 5.75 Å². The normalized spacial score (nSPS) is 18.1. The molecule has 19 heavy (non-hydrogen) atoms. The van der Waals surface area contributed by atoms with E-state index in [1.807, 2.05) is 25.4 Å². The molecule has 100 valence electrons. The maximum absolute atomic E-state index is 6.06. The van der Waals surface area contributed by atoms with Gasteiger partial charge in [0.2, 0.25) is 0 Å². The molecule has 3 rings (SSSR count). The Hall–Kier alpha value is -1.81. The highest BCUT2D eigenvalue weighted by molar-refractivity contribution is 5.63. The largest absolute Gasteiger partial charge is 0.494 e. The highest BCUT2D eigenvalue weighted by Crippen LogP contribution is 2.27. The van der Waals surface area contributed by atoms with E-state index in [2.05, 4.69) is 21.7 Å². The first kappa shape index (κ1) is 12.2. The number of fused-ring (bicyclic) bond motifs is 1. The fourth-order valence-corrected chi connectivity index (χ4v) is 2.59. The first-order valence-electron chi connectivity index (χ1n) is 6.80. The summed E-state index contributed by atoms with van der Waals surface area (Å²) in [5.74, 6) is 0.899. The summed E-state index contributed by atoms with van der Waals surface area (Å²) >= 11 is 0. The maximum atomic E-state index is 6.06. The van der Waals surface area contributed by atoms with Crippen molar-refractivity contribution in [3.05, 3.63) is 36.3 Å². The van der Waals surface area contributed by atoms with E-state index < -0.39 is 0 Å². The highest BCUT2D eigenvalue weighted by atomic mass is 16.5. The zero-order valence-electron chi connectivity index (χ0n) is 11.2. The van der Waals surface area contributed by atoms with Crippen molar-refractivity contribution in [3.8, 4) is 17.0 Å². The highest BCUT2D eigenvalue weighted by Gasteiger charge is 2.20. The molecule has 1 atom stereocenters. The lowest BCUT2D eigenvalue weighted by atomic mass is 10.0. The smallest absolute Gasteiger partial charge is 0.119 e. The number of benzene rings is 1. The molecule has 0 saturated heterocycles. The lowest BCUT2D eigenvalue weighted by Crippen LogP contribution is -2.30. The molecule has 2 heterocycles. The predicted octanol–water partition coefficient (Wildman–Crippen LogP) is 2.22. The monoisotopic (exact) mass is 257 g/mol. The summed E-state index contributed by atoms with van der Waals surface area (Å²) in [5.41, 5.74) is 9.50. The number of aromatic nitrogens is 2. The van der Waals surface area contributed by atoms with Gasteiger partial charge >= 0.3 is 0 Å². The van der Waals surface area contributed by atoms with Gasteiger partial charge in [-0.05, 0) is 37.6 Å². The Labute approximate surface area is 113 Å².